The van der Waals surface area contributed by atoms with Crippen LogP contribution < -0.4 is 5.73 Å². The zero-order chi connectivity index (χ0) is 13.6. The van der Waals surface area contributed by atoms with Gasteiger partial charge in [0.1, 0.15) is 0 Å². The predicted molar refractivity (Wildman–Crippen MR) is 79.8 cm³/mol. The molecule has 2 N–H and O–H groups in total. The van der Waals surface area contributed by atoms with Gasteiger partial charge in [0.2, 0.25) is 0 Å². The van der Waals surface area contributed by atoms with Crippen molar-refractivity contribution in [1.29, 1.82) is 0 Å². The van der Waals surface area contributed by atoms with Crippen LogP contribution in [0.15, 0.2) is 24.4 Å². The van der Waals surface area contributed by atoms with E-state index in [9.17, 15) is 0 Å². The Balaban J connectivity index is 2.13. The van der Waals surface area contributed by atoms with Crippen molar-refractivity contribution in [2.45, 2.75) is 57.5 Å². The van der Waals surface area contributed by atoms with Crippen LogP contribution in [0, 0.1) is 0 Å². The molecule has 0 radical (unpaired) electrons. The Morgan fingerprint density at radius 2 is 2.05 bits per heavy atom. The number of hydrogen-bond acceptors (Lipinski definition) is 3. The Morgan fingerprint density at radius 3 is 2.63 bits per heavy atom. The minimum absolute atomic E-state index is 0.214. The summed E-state index contributed by atoms with van der Waals surface area (Å²) < 4.78 is 0. The summed E-state index contributed by atoms with van der Waals surface area (Å²) >= 11 is 0. The molecule has 2 rings (SSSR count). The molecule has 0 amide bonds. The van der Waals surface area contributed by atoms with Crippen LogP contribution >= 0.6 is 0 Å². The van der Waals surface area contributed by atoms with E-state index in [0.717, 1.165) is 25.3 Å². The van der Waals surface area contributed by atoms with Crippen LogP contribution in [0.25, 0.3) is 0 Å². The molecule has 0 aromatic carbocycles. The van der Waals surface area contributed by atoms with Gasteiger partial charge in [-0.25, -0.2) is 0 Å². The fourth-order valence-corrected chi connectivity index (χ4v) is 3.30. The van der Waals surface area contributed by atoms with E-state index in [4.69, 9.17) is 5.73 Å². The molecule has 1 saturated carbocycles. The molecule has 106 valence electrons. The number of hydrogen-bond donors (Lipinski definition) is 1. The third-order valence-corrected chi connectivity index (χ3v) is 4.41. The lowest BCUT2D eigenvalue weighted by atomic mass is 9.80. The molecule has 3 nitrogen and oxygen atoms in total. The molecule has 0 unspecified atom stereocenters. The Hall–Kier alpha value is -0.930. The third kappa shape index (κ3) is 3.54. The van der Waals surface area contributed by atoms with Crippen molar-refractivity contribution in [1.82, 2.24) is 9.88 Å². The van der Waals surface area contributed by atoms with Crippen molar-refractivity contribution in [3.05, 3.63) is 30.1 Å². The highest BCUT2D eigenvalue weighted by molar-refractivity contribution is 5.05. The number of nitrogens with two attached hydrogens (primary N) is 1. The molecule has 1 heterocycles. The molecule has 1 aromatic heterocycles. The van der Waals surface area contributed by atoms with Crippen LogP contribution in [0.2, 0.25) is 0 Å². The normalized spacial score (nSPS) is 18.7. The van der Waals surface area contributed by atoms with Crippen LogP contribution in [0.5, 0.6) is 0 Å². The number of aromatic nitrogens is 1. The molecule has 3 heteroatoms. The fraction of sp³-hybridized carbons (Fsp3) is 0.688. The van der Waals surface area contributed by atoms with Crippen molar-refractivity contribution in [2.24, 2.45) is 5.73 Å². The van der Waals surface area contributed by atoms with Crippen LogP contribution in [0.1, 0.15) is 51.1 Å². The summed E-state index contributed by atoms with van der Waals surface area (Å²) in [5.41, 5.74) is 7.54. The Labute approximate surface area is 117 Å². The second kappa shape index (κ2) is 7.01. The van der Waals surface area contributed by atoms with E-state index in [0.29, 0.717) is 0 Å². The van der Waals surface area contributed by atoms with Gasteiger partial charge in [-0.1, -0.05) is 32.3 Å². The Kier molecular flexibility index (Phi) is 5.34. The van der Waals surface area contributed by atoms with Crippen molar-refractivity contribution < 1.29 is 0 Å². The largest absolute Gasteiger partial charge is 0.329 e. The van der Waals surface area contributed by atoms with Gasteiger partial charge in [0, 0.05) is 24.8 Å². The second-order valence-electron chi connectivity index (χ2n) is 5.73. The van der Waals surface area contributed by atoms with E-state index in [1.807, 2.05) is 12.3 Å². The van der Waals surface area contributed by atoms with E-state index < -0.39 is 0 Å². The maximum absolute atomic E-state index is 6.16. The Bertz CT molecular complexity index is 358. The SMILES string of the molecule is CCCN(Cc1ccccn1)C1(CN)CCCCC1. The first-order chi connectivity index (χ1) is 9.30. The zero-order valence-corrected chi connectivity index (χ0v) is 12.1. The van der Waals surface area contributed by atoms with Crippen molar-refractivity contribution in [3.8, 4) is 0 Å². The summed E-state index contributed by atoms with van der Waals surface area (Å²) in [6.07, 6.45) is 9.56. The first-order valence-electron chi connectivity index (χ1n) is 7.66. The molecule has 0 bridgehead atoms. The molecule has 19 heavy (non-hydrogen) atoms. The van der Waals surface area contributed by atoms with Gasteiger partial charge in [0.15, 0.2) is 0 Å². The van der Waals surface area contributed by atoms with E-state index >= 15 is 0 Å². The standard InChI is InChI=1S/C16H27N3/c1-2-12-19(13-15-8-4-7-11-18-15)16(14-17)9-5-3-6-10-16/h4,7-8,11H,2-3,5-6,9-10,12-14,17H2,1H3. The molecule has 0 atom stereocenters. The van der Waals surface area contributed by atoms with E-state index in [1.54, 1.807) is 0 Å². The molecule has 0 aliphatic heterocycles. The van der Waals surface area contributed by atoms with Crippen molar-refractivity contribution in [3.63, 3.8) is 0 Å². The minimum Gasteiger partial charge on any atom is -0.329 e. The van der Waals surface area contributed by atoms with Gasteiger partial charge >= 0.3 is 0 Å². The average molecular weight is 261 g/mol. The molecule has 1 aliphatic rings. The molecule has 1 aromatic rings. The lowest BCUT2D eigenvalue weighted by Gasteiger charge is -2.46. The summed E-state index contributed by atoms with van der Waals surface area (Å²) in [6.45, 7) is 5.08. The number of nitrogens with zero attached hydrogens (tertiary/aromatic N) is 2. The van der Waals surface area contributed by atoms with Gasteiger partial charge in [-0.05, 0) is 37.9 Å². The van der Waals surface area contributed by atoms with E-state index in [-0.39, 0.29) is 5.54 Å². The van der Waals surface area contributed by atoms with E-state index in [2.05, 4.69) is 28.9 Å². The lowest BCUT2D eigenvalue weighted by Crippen LogP contribution is -2.54. The predicted octanol–water partition coefficient (Wildman–Crippen LogP) is 2.96. The quantitative estimate of drug-likeness (QED) is 0.856. The topological polar surface area (TPSA) is 42.2 Å². The van der Waals surface area contributed by atoms with Crippen LogP contribution in [-0.2, 0) is 6.54 Å². The van der Waals surface area contributed by atoms with Gasteiger partial charge < -0.3 is 5.73 Å². The molecular weight excluding hydrogens is 234 g/mol. The van der Waals surface area contributed by atoms with Gasteiger partial charge in [-0.2, -0.15) is 0 Å². The monoisotopic (exact) mass is 261 g/mol. The average Bonchev–Trinajstić information content (AvgIpc) is 2.48. The minimum atomic E-state index is 0.214. The molecule has 0 saturated heterocycles. The number of pyridine rings is 1. The summed E-state index contributed by atoms with van der Waals surface area (Å²) in [4.78, 5) is 7.07. The summed E-state index contributed by atoms with van der Waals surface area (Å²) in [5.74, 6) is 0. The molecular formula is C16H27N3. The molecule has 1 fully saturated rings. The van der Waals surface area contributed by atoms with Crippen LogP contribution in [0.4, 0.5) is 0 Å². The van der Waals surface area contributed by atoms with E-state index in [1.165, 1.54) is 38.5 Å². The highest BCUT2D eigenvalue weighted by Crippen LogP contribution is 2.33. The van der Waals surface area contributed by atoms with Crippen LogP contribution in [0.3, 0.4) is 0 Å². The zero-order valence-electron chi connectivity index (χ0n) is 12.1. The Morgan fingerprint density at radius 1 is 1.26 bits per heavy atom. The third-order valence-electron chi connectivity index (χ3n) is 4.41. The highest BCUT2D eigenvalue weighted by Gasteiger charge is 2.36. The number of rotatable bonds is 6. The van der Waals surface area contributed by atoms with Crippen molar-refractivity contribution in [2.75, 3.05) is 13.1 Å². The molecule has 0 spiro atoms. The van der Waals surface area contributed by atoms with Gasteiger partial charge in [-0.3, -0.25) is 9.88 Å². The van der Waals surface area contributed by atoms with Gasteiger partial charge in [0.05, 0.1) is 5.69 Å². The van der Waals surface area contributed by atoms with Crippen molar-refractivity contribution >= 4 is 0 Å². The van der Waals surface area contributed by atoms with Gasteiger partial charge in [0.25, 0.3) is 0 Å². The van der Waals surface area contributed by atoms with Crippen LogP contribution in [-0.4, -0.2) is 28.5 Å². The highest BCUT2D eigenvalue weighted by atomic mass is 15.2. The first kappa shape index (κ1) is 14.5. The second-order valence-corrected chi connectivity index (χ2v) is 5.73. The molecule has 1 aliphatic carbocycles. The fourth-order valence-electron chi connectivity index (χ4n) is 3.30. The maximum atomic E-state index is 6.16. The van der Waals surface area contributed by atoms with Gasteiger partial charge in [-0.15, -0.1) is 0 Å². The maximum Gasteiger partial charge on any atom is 0.0544 e. The lowest BCUT2D eigenvalue weighted by molar-refractivity contribution is 0.0484. The summed E-state index contributed by atoms with van der Waals surface area (Å²) in [5, 5.41) is 0. The smallest absolute Gasteiger partial charge is 0.0544 e. The summed E-state index contributed by atoms with van der Waals surface area (Å²) in [6, 6.07) is 6.17. The first-order valence-corrected chi connectivity index (χ1v) is 7.66. The summed E-state index contributed by atoms with van der Waals surface area (Å²) in [7, 11) is 0.